The number of rotatable bonds is 4. The molecule has 0 saturated heterocycles. The zero-order valence-corrected chi connectivity index (χ0v) is 11.8. The van der Waals surface area contributed by atoms with E-state index >= 15 is 0 Å². The molecule has 0 amide bonds. The lowest BCUT2D eigenvalue weighted by atomic mass is 9.84. The average molecular weight is 260 g/mol. The molecule has 102 valence electrons. The molecule has 2 aromatic rings. The average Bonchev–Trinajstić information content (AvgIpc) is 2.78. The predicted molar refractivity (Wildman–Crippen MR) is 74.7 cm³/mol. The van der Waals surface area contributed by atoms with E-state index in [9.17, 15) is 0 Å². The standard InChI is InChI=1S/C14H20N4O/c1-14(2,10-5-7-11(15)8-6-10)13-16-12(17-19-13)9-18(3)4/h5-8H,9,15H2,1-4H3. The van der Waals surface area contributed by atoms with E-state index in [1.807, 2.05) is 43.3 Å². The molecule has 2 rings (SSSR count). The molecule has 0 aliphatic carbocycles. The fraction of sp³-hybridized carbons (Fsp3) is 0.429. The van der Waals surface area contributed by atoms with E-state index < -0.39 is 0 Å². The summed E-state index contributed by atoms with van der Waals surface area (Å²) in [5.74, 6) is 1.32. The van der Waals surface area contributed by atoms with Crippen LogP contribution in [-0.2, 0) is 12.0 Å². The van der Waals surface area contributed by atoms with Gasteiger partial charge in [-0.15, -0.1) is 0 Å². The van der Waals surface area contributed by atoms with Crippen molar-refractivity contribution in [2.75, 3.05) is 19.8 Å². The summed E-state index contributed by atoms with van der Waals surface area (Å²) >= 11 is 0. The Morgan fingerprint density at radius 1 is 1.21 bits per heavy atom. The fourth-order valence-corrected chi connectivity index (χ4v) is 1.88. The van der Waals surface area contributed by atoms with Gasteiger partial charge in [0.1, 0.15) is 0 Å². The largest absolute Gasteiger partial charge is 0.399 e. The maximum atomic E-state index is 5.71. The van der Waals surface area contributed by atoms with Crippen LogP contribution in [0.5, 0.6) is 0 Å². The first-order valence-corrected chi connectivity index (χ1v) is 6.23. The van der Waals surface area contributed by atoms with Crippen LogP contribution in [0.25, 0.3) is 0 Å². The maximum Gasteiger partial charge on any atom is 0.236 e. The minimum absolute atomic E-state index is 0.328. The van der Waals surface area contributed by atoms with Gasteiger partial charge in [-0.2, -0.15) is 4.98 Å². The number of nitrogens with two attached hydrogens (primary N) is 1. The second-order valence-electron chi connectivity index (χ2n) is 5.50. The molecule has 0 atom stereocenters. The summed E-state index contributed by atoms with van der Waals surface area (Å²) in [7, 11) is 3.95. The van der Waals surface area contributed by atoms with E-state index in [0.29, 0.717) is 18.3 Å². The topological polar surface area (TPSA) is 68.2 Å². The van der Waals surface area contributed by atoms with Crippen molar-refractivity contribution in [1.29, 1.82) is 0 Å². The molecular weight excluding hydrogens is 240 g/mol. The Labute approximate surface area is 113 Å². The number of hydrogen-bond acceptors (Lipinski definition) is 5. The van der Waals surface area contributed by atoms with Crippen molar-refractivity contribution in [2.45, 2.75) is 25.8 Å². The number of aromatic nitrogens is 2. The zero-order chi connectivity index (χ0) is 14.0. The molecule has 1 aromatic heterocycles. The van der Waals surface area contributed by atoms with E-state index in [0.717, 1.165) is 11.3 Å². The Kier molecular flexibility index (Phi) is 3.57. The van der Waals surface area contributed by atoms with Crippen molar-refractivity contribution in [3.8, 4) is 0 Å². The van der Waals surface area contributed by atoms with E-state index in [-0.39, 0.29) is 5.41 Å². The fourth-order valence-electron chi connectivity index (χ4n) is 1.88. The summed E-state index contributed by atoms with van der Waals surface area (Å²) in [6, 6.07) is 7.75. The minimum Gasteiger partial charge on any atom is -0.399 e. The number of hydrogen-bond donors (Lipinski definition) is 1. The lowest BCUT2D eigenvalue weighted by Crippen LogP contribution is -2.20. The van der Waals surface area contributed by atoms with Gasteiger partial charge in [0.05, 0.1) is 12.0 Å². The first-order chi connectivity index (χ1) is 8.89. The molecule has 0 unspecified atom stereocenters. The summed E-state index contributed by atoms with van der Waals surface area (Å²) < 4.78 is 5.40. The number of nitrogens with zero attached hydrogens (tertiary/aromatic N) is 3. The molecule has 5 heteroatoms. The van der Waals surface area contributed by atoms with Crippen molar-refractivity contribution < 1.29 is 4.52 Å². The number of nitrogen functional groups attached to an aromatic ring is 1. The highest BCUT2D eigenvalue weighted by Gasteiger charge is 2.29. The Balaban J connectivity index is 2.28. The lowest BCUT2D eigenvalue weighted by molar-refractivity contribution is 0.321. The molecule has 0 saturated carbocycles. The van der Waals surface area contributed by atoms with Gasteiger partial charge in [0.2, 0.25) is 5.89 Å². The van der Waals surface area contributed by atoms with Crippen LogP contribution in [0.15, 0.2) is 28.8 Å². The molecule has 1 aromatic carbocycles. The van der Waals surface area contributed by atoms with Crippen LogP contribution >= 0.6 is 0 Å². The second kappa shape index (κ2) is 5.01. The normalized spacial score (nSPS) is 12.1. The first kappa shape index (κ1) is 13.5. The van der Waals surface area contributed by atoms with Crippen LogP contribution in [0.2, 0.25) is 0 Å². The Bertz CT molecular complexity index is 543. The van der Waals surface area contributed by atoms with Gasteiger partial charge in [0, 0.05) is 5.69 Å². The van der Waals surface area contributed by atoms with Gasteiger partial charge in [-0.3, -0.25) is 0 Å². The van der Waals surface area contributed by atoms with Gasteiger partial charge >= 0.3 is 0 Å². The lowest BCUT2D eigenvalue weighted by Gasteiger charge is -2.20. The van der Waals surface area contributed by atoms with Crippen LogP contribution in [0.4, 0.5) is 5.69 Å². The van der Waals surface area contributed by atoms with Gasteiger partial charge < -0.3 is 15.2 Å². The van der Waals surface area contributed by atoms with Gasteiger partial charge in [-0.05, 0) is 45.6 Å². The summed E-state index contributed by atoms with van der Waals surface area (Å²) in [6.07, 6.45) is 0. The molecule has 1 heterocycles. The molecule has 0 radical (unpaired) electrons. The number of anilines is 1. The van der Waals surface area contributed by atoms with Crippen molar-refractivity contribution in [3.63, 3.8) is 0 Å². The Morgan fingerprint density at radius 2 is 1.84 bits per heavy atom. The molecular formula is C14H20N4O. The molecule has 0 aliphatic heterocycles. The Hall–Kier alpha value is -1.88. The van der Waals surface area contributed by atoms with E-state index in [4.69, 9.17) is 10.3 Å². The summed E-state index contributed by atoms with van der Waals surface area (Å²) in [5, 5.41) is 4.01. The van der Waals surface area contributed by atoms with Crippen molar-refractivity contribution in [2.24, 2.45) is 0 Å². The van der Waals surface area contributed by atoms with E-state index in [2.05, 4.69) is 24.0 Å². The Morgan fingerprint density at radius 3 is 2.42 bits per heavy atom. The van der Waals surface area contributed by atoms with Gasteiger partial charge in [0.15, 0.2) is 5.82 Å². The molecule has 0 spiro atoms. The predicted octanol–water partition coefficient (Wildman–Crippen LogP) is 2.04. The molecule has 2 N–H and O–H groups in total. The monoisotopic (exact) mass is 260 g/mol. The van der Waals surface area contributed by atoms with Crippen LogP contribution in [0, 0.1) is 0 Å². The third-order valence-corrected chi connectivity index (χ3v) is 3.09. The van der Waals surface area contributed by atoms with Crippen LogP contribution in [0.3, 0.4) is 0 Å². The first-order valence-electron chi connectivity index (χ1n) is 6.23. The van der Waals surface area contributed by atoms with Crippen molar-refractivity contribution in [3.05, 3.63) is 41.5 Å². The number of benzene rings is 1. The molecule has 5 nitrogen and oxygen atoms in total. The molecule has 0 aliphatic rings. The highest BCUT2D eigenvalue weighted by atomic mass is 16.5. The van der Waals surface area contributed by atoms with Gasteiger partial charge in [0.25, 0.3) is 0 Å². The van der Waals surface area contributed by atoms with Crippen LogP contribution < -0.4 is 5.73 Å². The summed E-state index contributed by atoms with van der Waals surface area (Å²) in [4.78, 5) is 6.48. The van der Waals surface area contributed by atoms with E-state index in [1.165, 1.54) is 0 Å². The van der Waals surface area contributed by atoms with E-state index in [1.54, 1.807) is 0 Å². The smallest absolute Gasteiger partial charge is 0.236 e. The third-order valence-electron chi connectivity index (χ3n) is 3.09. The second-order valence-corrected chi connectivity index (χ2v) is 5.50. The van der Waals surface area contributed by atoms with Gasteiger partial charge in [-0.1, -0.05) is 17.3 Å². The van der Waals surface area contributed by atoms with Crippen molar-refractivity contribution >= 4 is 5.69 Å². The summed E-state index contributed by atoms with van der Waals surface area (Å²) in [5.41, 5.74) is 7.23. The van der Waals surface area contributed by atoms with Crippen LogP contribution in [0.1, 0.15) is 31.1 Å². The van der Waals surface area contributed by atoms with Gasteiger partial charge in [-0.25, -0.2) is 0 Å². The highest BCUT2D eigenvalue weighted by Crippen LogP contribution is 2.30. The minimum atomic E-state index is -0.328. The quantitative estimate of drug-likeness (QED) is 0.852. The molecule has 0 bridgehead atoms. The van der Waals surface area contributed by atoms with Crippen molar-refractivity contribution in [1.82, 2.24) is 15.0 Å². The zero-order valence-electron chi connectivity index (χ0n) is 11.8. The third kappa shape index (κ3) is 2.93. The molecule has 0 fully saturated rings. The maximum absolute atomic E-state index is 5.71. The highest BCUT2D eigenvalue weighted by molar-refractivity contribution is 5.42. The molecule has 19 heavy (non-hydrogen) atoms. The van der Waals surface area contributed by atoms with Crippen LogP contribution in [-0.4, -0.2) is 29.1 Å². The summed E-state index contributed by atoms with van der Waals surface area (Å²) in [6.45, 7) is 4.79. The SMILES string of the molecule is CN(C)Cc1noc(C(C)(C)c2ccc(N)cc2)n1.